The summed E-state index contributed by atoms with van der Waals surface area (Å²) >= 11 is 0. The van der Waals surface area contributed by atoms with E-state index in [0.29, 0.717) is 18.4 Å². The normalized spacial score (nSPS) is 22.1. The molecule has 2 heterocycles. The number of aryl methyl sites for hydroxylation is 2. The second-order valence-electron chi connectivity index (χ2n) is 9.23. The second kappa shape index (κ2) is 8.62. The summed E-state index contributed by atoms with van der Waals surface area (Å²) in [5, 5.41) is 2.48. The van der Waals surface area contributed by atoms with Gasteiger partial charge in [0.25, 0.3) is 0 Å². The SMILES string of the molecule is CCOC(=O)N1CCC(N2CCCC(C(=O)c3ccc4c5c(cccc35)CC4)C2)CC1. The number of carbonyl (C=O) groups is 2. The van der Waals surface area contributed by atoms with Crippen LogP contribution in [0.15, 0.2) is 30.3 Å². The van der Waals surface area contributed by atoms with Crippen LogP contribution >= 0.6 is 0 Å². The average molecular weight is 421 g/mol. The van der Waals surface area contributed by atoms with Crippen LogP contribution in [-0.2, 0) is 17.6 Å². The van der Waals surface area contributed by atoms with E-state index in [1.54, 1.807) is 0 Å². The molecule has 0 bridgehead atoms. The van der Waals surface area contributed by atoms with Gasteiger partial charge in [0.15, 0.2) is 5.78 Å². The van der Waals surface area contributed by atoms with E-state index in [1.807, 2.05) is 11.8 Å². The first-order valence-electron chi connectivity index (χ1n) is 11.9. The number of ether oxygens (including phenoxy) is 1. The maximum Gasteiger partial charge on any atom is 0.409 e. The molecule has 2 aromatic carbocycles. The molecule has 0 N–H and O–H groups in total. The van der Waals surface area contributed by atoms with Crippen LogP contribution in [0.5, 0.6) is 0 Å². The Kier molecular flexibility index (Phi) is 5.70. The molecule has 1 amide bonds. The molecule has 31 heavy (non-hydrogen) atoms. The van der Waals surface area contributed by atoms with Crippen LogP contribution in [0.1, 0.15) is 54.1 Å². The third-order valence-electron chi connectivity index (χ3n) is 7.47. The molecule has 2 aromatic rings. The van der Waals surface area contributed by atoms with Crippen molar-refractivity contribution >= 4 is 22.6 Å². The third kappa shape index (κ3) is 3.84. The highest BCUT2D eigenvalue weighted by atomic mass is 16.6. The molecule has 2 aliphatic heterocycles. The molecule has 2 fully saturated rings. The average Bonchev–Trinajstić information content (AvgIpc) is 3.24. The van der Waals surface area contributed by atoms with Gasteiger partial charge in [0.2, 0.25) is 0 Å². The van der Waals surface area contributed by atoms with Gasteiger partial charge in [0, 0.05) is 37.2 Å². The van der Waals surface area contributed by atoms with Crippen LogP contribution in [0, 0.1) is 5.92 Å². The summed E-state index contributed by atoms with van der Waals surface area (Å²) in [4.78, 5) is 29.9. The van der Waals surface area contributed by atoms with Crippen molar-refractivity contribution in [3.05, 3.63) is 47.0 Å². The van der Waals surface area contributed by atoms with E-state index in [9.17, 15) is 9.59 Å². The van der Waals surface area contributed by atoms with E-state index in [-0.39, 0.29) is 12.0 Å². The molecule has 0 saturated carbocycles. The lowest BCUT2D eigenvalue weighted by Crippen LogP contribution is -2.50. The van der Waals surface area contributed by atoms with E-state index in [2.05, 4.69) is 35.2 Å². The fourth-order valence-corrected chi connectivity index (χ4v) is 5.86. The van der Waals surface area contributed by atoms with Crippen molar-refractivity contribution < 1.29 is 14.3 Å². The van der Waals surface area contributed by atoms with Crippen molar-refractivity contribution in [1.29, 1.82) is 0 Å². The molecule has 1 aliphatic carbocycles. The molecule has 0 aromatic heterocycles. The van der Waals surface area contributed by atoms with Gasteiger partial charge in [-0.05, 0) is 73.9 Å². The molecule has 2 saturated heterocycles. The predicted octanol–water partition coefficient (Wildman–Crippen LogP) is 4.45. The van der Waals surface area contributed by atoms with E-state index in [4.69, 9.17) is 4.74 Å². The van der Waals surface area contributed by atoms with Gasteiger partial charge in [-0.3, -0.25) is 9.69 Å². The molecule has 5 nitrogen and oxygen atoms in total. The first-order valence-corrected chi connectivity index (χ1v) is 11.9. The molecule has 164 valence electrons. The lowest BCUT2D eigenvalue weighted by atomic mass is 9.86. The minimum absolute atomic E-state index is 0.0651. The van der Waals surface area contributed by atoms with Crippen molar-refractivity contribution in [2.24, 2.45) is 5.92 Å². The van der Waals surface area contributed by atoms with Gasteiger partial charge in [-0.1, -0.05) is 30.3 Å². The Morgan fingerprint density at radius 3 is 2.55 bits per heavy atom. The molecule has 1 atom stereocenters. The predicted molar refractivity (Wildman–Crippen MR) is 122 cm³/mol. The lowest BCUT2D eigenvalue weighted by Gasteiger charge is -2.41. The number of nitrogens with zero attached hydrogens (tertiary/aromatic N) is 2. The van der Waals surface area contributed by atoms with Crippen molar-refractivity contribution in [2.75, 3.05) is 32.8 Å². The van der Waals surface area contributed by atoms with Gasteiger partial charge >= 0.3 is 6.09 Å². The minimum Gasteiger partial charge on any atom is -0.450 e. The quantitative estimate of drug-likeness (QED) is 0.686. The number of likely N-dealkylation sites (tertiary alicyclic amines) is 2. The Bertz CT molecular complexity index is 983. The zero-order chi connectivity index (χ0) is 21.4. The molecule has 0 radical (unpaired) electrons. The summed E-state index contributed by atoms with van der Waals surface area (Å²) in [6, 6.07) is 11.1. The Balaban J connectivity index is 1.28. The van der Waals surface area contributed by atoms with Crippen molar-refractivity contribution in [2.45, 2.75) is 51.5 Å². The molecular formula is C26H32N2O3. The fourth-order valence-electron chi connectivity index (χ4n) is 5.86. The van der Waals surface area contributed by atoms with Crippen LogP contribution in [0.4, 0.5) is 4.79 Å². The summed E-state index contributed by atoms with van der Waals surface area (Å²) in [6.07, 6.45) is 5.94. The van der Waals surface area contributed by atoms with E-state index >= 15 is 0 Å². The molecule has 5 rings (SSSR count). The number of benzene rings is 2. The lowest BCUT2D eigenvalue weighted by molar-refractivity contribution is 0.0533. The number of carbonyl (C=O) groups excluding carboxylic acids is 2. The number of rotatable bonds is 4. The van der Waals surface area contributed by atoms with Crippen LogP contribution in [0.25, 0.3) is 10.8 Å². The third-order valence-corrected chi connectivity index (χ3v) is 7.47. The summed E-state index contributed by atoms with van der Waals surface area (Å²) < 4.78 is 5.14. The summed E-state index contributed by atoms with van der Waals surface area (Å²) in [6.45, 7) is 5.65. The molecule has 5 heteroatoms. The van der Waals surface area contributed by atoms with Crippen molar-refractivity contribution in [3.63, 3.8) is 0 Å². The van der Waals surface area contributed by atoms with Crippen LogP contribution in [0.3, 0.4) is 0 Å². The standard InChI is InChI=1S/C26H32N2O3/c1-2-31-26(30)27-15-12-21(13-16-27)28-14-4-6-20(17-28)25(29)23-11-10-19-9-8-18-5-3-7-22(23)24(18)19/h3,5,7,10-11,20-21H,2,4,6,8-9,12-17H2,1H3. The van der Waals surface area contributed by atoms with Gasteiger partial charge in [-0.25, -0.2) is 4.79 Å². The number of hydrogen-bond acceptors (Lipinski definition) is 4. The van der Waals surface area contributed by atoms with Crippen LogP contribution < -0.4 is 0 Å². The van der Waals surface area contributed by atoms with Gasteiger partial charge in [-0.15, -0.1) is 0 Å². The van der Waals surface area contributed by atoms with Crippen LogP contribution in [-0.4, -0.2) is 60.5 Å². The van der Waals surface area contributed by atoms with Gasteiger partial charge < -0.3 is 9.64 Å². The highest BCUT2D eigenvalue weighted by Crippen LogP contribution is 2.35. The molecule has 3 aliphatic rings. The topological polar surface area (TPSA) is 49.9 Å². The Morgan fingerprint density at radius 2 is 1.77 bits per heavy atom. The first-order chi connectivity index (χ1) is 15.2. The highest BCUT2D eigenvalue weighted by Gasteiger charge is 2.33. The minimum atomic E-state index is -0.195. The first kappa shape index (κ1) is 20.5. The Morgan fingerprint density at radius 1 is 1.00 bits per heavy atom. The van der Waals surface area contributed by atoms with Crippen molar-refractivity contribution in [1.82, 2.24) is 9.80 Å². The summed E-state index contributed by atoms with van der Waals surface area (Å²) in [7, 11) is 0. The number of Topliss-reactive ketones (excluding diaryl/α,β-unsaturated/α-hetero) is 1. The Hall–Kier alpha value is -2.40. The summed E-state index contributed by atoms with van der Waals surface area (Å²) in [5.74, 6) is 0.375. The van der Waals surface area contributed by atoms with E-state index in [1.165, 1.54) is 16.5 Å². The number of piperidine rings is 2. The number of amides is 1. The van der Waals surface area contributed by atoms with E-state index < -0.39 is 0 Å². The van der Waals surface area contributed by atoms with Crippen LogP contribution in [0.2, 0.25) is 0 Å². The number of hydrogen-bond donors (Lipinski definition) is 0. The highest BCUT2D eigenvalue weighted by molar-refractivity contribution is 6.11. The molecular weight excluding hydrogens is 388 g/mol. The van der Waals surface area contributed by atoms with Gasteiger partial charge in [-0.2, -0.15) is 0 Å². The fraction of sp³-hybridized carbons (Fsp3) is 0.538. The zero-order valence-corrected chi connectivity index (χ0v) is 18.4. The molecule has 0 spiro atoms. The maximum atomic E-state index is 13.6. The van der Waals surface area contributed by atoms with Gasteiger partial charge in [0.05, 0.1) is 6.61 Å². The van der Waals surface area contributed by atoms with E-state index in [0.717, 1.165) is 75.7 Å². The largest absolute Gasteiger partial charge is 0.450 e. The second-order valence-corrected chi connectivity index (χ2v) is 9.23. The van der Waals surface area contributed by atoms with Gasteiger partial charge in [0.1, 0.15) is 0 Å². The van der Waals surface area contributed by atoms with Crippen molar-refractivity contribution in [3.8, 4) is 0 Å². The Labute approximate surface area is 184 Å². The monoisotopic (exact) mass is 420 g/mol. The smallest absolute Gasteiger partial charge is 0.409 e. The summed E-state index contributed by atoms with van der Waals surface area (Å²) in [5.41, 5.74) is 3.69. The number of ketones is 1. The zero-order valence-electron chi connectivity index (χ0n) is 18.4. The maximum absolute atomic E-state index is 13.6. The molecule has 1 unspecified atom stereocenters.